The molecule has 0 spiro atoms. The summed E-state index contributed by atoms with van der Waals surface area (Å²) in [4.78, 5) is 4.26. The van der Waals surface area contributed by atoms with Gasteiger partial charge in [0.15, 0.2) is 0 Å². The second kappa shape index (κ2) is 5.35. The van der Waals surface area contributed by atoms with Crippen LogP contribution in [0, 0.1) is 12.7 Å². The lowest BCUT2D eigenvalue weighted by Crippen LogP contribution is -1.98. The Labute approximate surface area is 113 Å². The van der Waals surface area contributed by atoms with Gasteiger partial charge in [0.1, 0.15) is 17.4 Å². The summed E-state index contributed by atoms with van der Waals surface area (Å²) in [6, 6.07) is 6.25. The van der Waals surface area contributed by atoms with Gasteiger partial charge < -0.3 is 10.1 Å². The lowest BCUT2D eigenvalue weighted by atomic mass is 10.2. The van der Waals surface area contributed by atoms with Gasteiger partial charge >= 0.3 is 0 Å². The largest absolute Gasteiger partial charge is 0.494 e. The normalized spacial score (nSPS) is 10.2. The number of ether oxygens (including phenoxy) is 1. The van der Waals surface area contributed by atoms with Gasteiger partial charge in [-0.3, -0.25) is 0 Å². The summed E-state index contributed by atoms with van der Waals surface area (Å²) in [6.45, 7) is 1.96. The predicted molar refractivity (Wildman–Crippen MR) is 72.9 cm³/mol. The average molecular weight is 311 g/mol. The summed E-state index contributed by atoms with van der Waals surface area (Å²) in [7, 11) is 1.50. The van der Waals surface area contributed by atoms with Gasteiger partial charge in [0.2, 0.25) is 0 Å². The van der Waals surface area contributed by atoms with Crippen molar-refractivity contribution in [2.75, 3.05) is 12.4 Å². The molecule has 0 aliphatic heterocycles. The molecule has 0 aliphatic rings. The number of nitrogens with zero attached hydrogens (tertiary/aromatic N) is 1. The van der Waals surface area contributed by atoms with Crippen LogP contribution in [0.2, 0.25) is 0 Å². The number of rotatable bonds is 3. The van der Waals surface area contributed by atoms with Gasteiger partial charge in [-0.2, -0.15) is 0 Å². The molecule has 18 heavy (non-hydrogen) atoms. The summed E-state index contributed by atoms with van der Waals surface area (Å²) in [6.07, 6.45) is 1.75. The Balaban J connectivity index is 2.33. The fraction of sp³-hybridized carbons (Fsp3) is 0.154. The summed E-state index contributed by atoms with van der Waals surface area (Å²) < 4.78 is 19.0. The second-order valence-electron chi connectivity index (χ2n) is 3.81. The molecule has 0 aliphatic carbocycles. The highest BCUT2D eigenvalue weighted by molar-refractivity contribution is 9.10. The molecule has 3 nitrogen and oxygen atoms in total. The van der Waals surface area contributed by atoms with E-state index in [2.05, 4.69) is 26.2 Å². The summed E-state index contributed by atoms with van der Waals surface area (Å²) in [5.74, 6) is 0.753. The Kier molecular flexibility index (Phi) is 3.81. The van der Waals surface area contributed by atoms with Crippen molar-refractivity contribution in [1.29, 1.82) is 0 Å². The first kappa shape index (κ1) is 12.8. The van der Waals surface area contributed by atoms with Crippen molar-refractivity contribution in [2.24, 2.45) is 0 Å². The van der Waals surface area contributed by atoms with Crippen LogP contribution in [0.25, 0.3) is 0 Å². The first-order valence-electron chi connectivity index (χ1n) is 5.33. The van der Waals surface area contributed by atoms with Gasteiger partial charge in [0, 0.05) is 12.3 Å². The number of aryl methyl sites for hydroxylation is 1. The van der Waals surface area contributed by atoms with Crippen LogP contribution < -0.4 is 10.1 Å². The molecule has 5 heteroatoms. The van der Waals surface area contributed by atoms with Crippen molar-refractivity contribution in [2.45, 2.75) is 6.92 Å². The van der Waals surface area contributed by atoms with Gasteiger partial charge in [-0.25, -0.2) is 9.37 Å². The Morgan fingerprint density at radius 3 is 2.78 bits per heavy atom. The van der Waals surface area contributed by atoms with Crippen LogP contribution in [0.15, 0.2) is 34.9 Å². The van der Waals surface area contributed by atoms with E-state index in [1.807, 2.05) is 13.0 Å². The molecule has 0 unspecified atom stereocenters. The maximum absolute atomic E-state index is 13.1. The number of halogens is 2. The van der Waals surface area contributed by atoms with Crippen molar-refractivity contribution in [3.8, 4) is 5.75 Å². The van der Waals surface area contributed by atoms with Crippen LogP contribution in [-0.2, 0) is 0 Å². The van der Waals surface area contributed by atoms with E-state index in [4.69, 9.17) is 4.74 Å². The number of nitrogens with one attached hydrogen (secondary N) is 1. The highest BCUT2D eigenvalue weighted by Gasteiger charge is 2.07. The summed E-state index contributed by atoms with van der Waals surface area (Å²) in [5, 5.41) is 3.10. The van der Waals surface area contributed by atoms with Crippen LogP contribution in [0.5, 0.6) is 5.75 Å². The van der Waals surface area contributed by atoms with E-state index >= 15 is 0 Å². The highest BCUT2D eigenvalue weighted by atomic mass is 79.9. The van der Waals surface area contributed by atoms with Crippen LogP contribution in [0.3, 0.4) is 0 Å². The topological polar surface area (TPSA) is 34.1 Å². The number of pyridine rings is 1. The average Bonchev–Trinajstić information content (AvgIpc) is 2.34. The number of anilines is 2. The van der Waals surface area contributed by atoms with E-state index in [1.54, 1.807) is 12.3 Å². The fourth-order valence-corrected chi connectivity index (χ4v) is 2.08. The lowest BCUT2D eigenvalue weighted by Gasteiger charge is -2.11. The standard InChI is InChI=1S/C13H12BrFN2O/c1-8-5-10(14)13(16-7-8)17-11-4-3-9(15)6-12(11)18-2/h3-7H,1-2H3,(H,16,17). The van der Waals surface area contributed by atoms with Crippen molar-refractivity contribution in [3.05, 3.63) is 46.3 Å². The van der Waals surface area contributed by atoms with Gasteiger partial charge in [0.05, 0.1) is 17.3 Å². The number of methoxy groups -OCH3 is 1. The zero-order valence-electron chi connectivity index (χ0n) is 10.00. The van der Waals surface area contributed by atoms with Crippen LogP contribution in [-0.4, -0.2) is 12.1 Å². The molecule has 2 aromatic rings. The smallest absolute Gasteiger partial charge is 0.145 e. The van der Waals surface area contributed by atoms with E-state index in [0.717, 1.165) is 10.0 Å². The molecular weight excluding hydrogens is 299 g/mol. The molecular formula is C13H12BrFN2O. The molecule has 1 N–H and O–H groups in total. The monoisotopic (exact) mass is 310 g/mol. The minimum atomic E-state index is -0.340. The molecule has 0 saturated heterocycles. The second-order valence-corrected chi connectivity index (χ2v) is 4.67. The van der Waals surface area contributed by atoms with E-state index in [9.17, 15) is 4.39 Å². The van der Waals surface area contributed by atoms with E-state index in [1.165, 1.54) is 19.2 Å². The molecule has 0 fully saturated rings. The van der Waals surface area contributed by atoms with Crippen molar-refractivity contribution in [3.63, 3.8) is 0 Å². The maximum Gasteiger partial charge on any atom is 0.145 e. The SMILES string of the molecule is COc1cc(F)ccc1Nc1ncc(C)cc1Br. The van der Waals surface area contributed by atoms with Crippen molar-refractivity contribution in [1.82, 2.24) is 4.98 Å². The molecule has 1 aromatic carbocycles. The van der Waals surface area contributed by atoms with E-state index in [0.29, 0.717) is 17.3 Å². The molecule has 0 atom stereocenters. The number of aromatic nitrogens is 1. The number of hydrogen-bond donors (Lipinski definition) is 1. The fourth-order valence-electron chi connectivity index (χ4n) is 1.52. The zero-order valence-corrected chi connectivity index (χ0v) is 11.6. The number of hydrogen-bond acceptors (Lipinski definition) is 3. The molecule has 1 heterocycles. The first-order chi connectivity index (χ1) is 8.60. The van der Waals surface area contributed by atoms with Crippen molar-refractivity contribution < 1.29 is 9.13 Å². The molecule has 0 amide bonds. The van der Waals surface area contributed by atoms with E-state index in [-0.39, 0.29) is 5.82 Å². The first-order valence-corrected chi connectivity index (χ1v) is 6.12. The maximum atomic E-state index is 13.1. The lowest BCUT2D eigenvalue weighted by molar-refractivity contribution is 0.413. The molecule has 94 valence electrons. The summed E-state index contributed by atoms with van der Waals surface area (Å²) in [5.41, 5.74) is 1.72. The van der Waals surface area contributed by atoms with Gasteiger partial charge in [-0.15, -0.1) is 0 Å². The third kappa shape index (κ3) is 2.79. The van der Waals surface area contributed by atoms with Crippen LogP contribution >= 0.6 is 15.9 Å². The van der Waals surface area contributed by atoms with Gasteiger partial charge in [0.25, 0.3) is 0 Å². The third-order valence-electron chi connectivity index (χ3n) is 2.39. The molecule has 0 radical (unpaired) electrons. The van der Waals surface area contributed by atoms with Crippen molar-refractivity contribution >= 4 is 27.4 Å². The molecule has 2 rings (SSSR count). The Morgan fingerprint density at radius 2 is 2.11 bits per heavy atom. The zero-order chi connectivity index (χ0) is 13.1. The van der Waals surface area contributed by atoms with Crippen LogP contribution in [0.1, 0.15) is 5.56 Å². The van der Waals surface area contributed by atoms with Gasteiger partial charge in [-0.1, -0.05) is 0 Å². The third-order valence-corrected chi connectivity index (χ3v) is 3.00. The Morgan fingerprint density at radius 1 is 1.33 bits per heavy atom. The Hall–Kier alpha value is -1.62. The minimum Gasteiger partial charge on any atom is -0.494 e. The molecule has 0 bridgehead atoms. The molecule has 1 aromatic heterocycles. The molecule has 0 saturated carbocycles. The Bertz CT molecular complexity index is 575. The number of benzene rings is 1. The predicted octanol–water partition coefficient (Wildman–Crippen LogP) is 4.04. The van der Waals surface area contributed by atoms with E-state index < -0.39 is 0 Å². The van der Waals surface area contributed by atoms with Crippen LogP contribution in [0.4, 0.5) is 15.9 Å². The highest BCUT2D eigenvalue weighted by Crippen LogP contribution is 2.30. The quantitative estimate of drug-likeness (QED) is 0.929. The summed E-state index contributed by atoms with van der Waals surface area (Å²) >= 11 is 3.43. The van der Waals surface area contributed by atoms with Gasteiger partial charge in [-0.05, 0) is 46.6 Å². The minimum absolute atomic E-state index is 0.340.